The van der Waals surface area contributed by atoms with Crippen LogP contribution in [-0.4, -0.2) is 9.38 Å². The second-order valence-electron chi connectivity index (χ2n) is 5.00. The maximum Gasteiger partial charge on any atom is 0.137 e. The number of pyridine rings is 1. The minimum Gasteiger partial charge on any atom is -0.398 e. The molecule has 3 heteroatoms. The van der Waals surface area contributed by atoms with Gasteiger partial charge in [-0.2, -0.15) is 0 Å². The van der Waals surface area contributed by atoms with Crippen molar-refractivity contribution in [3.8, 4) is 11.3 Å². The summed E-state index contributed by atoms with van der Waals surface area (Å²) < 4.78 is 2.10. The first-order chi connectivity index (χ1) is 9.72. The van der Waals surface area contributed by atoms with Crippen molar-refractivity contribution in [2.75, 3.05) is 5.73 Å². The maximum atomic E-state index is 5.88. The van der Waals surface area contributed by atoms with Gasteiger partial charge in [-0.25, -0.2) is 4.98 Å². The summed E-state index contributed by atoms with van der Waals surface area (Å²) in [6.45, 7) is 4.32. The zero-order chi connectivity index (χ0) is 14.1. The van der Waals surface area contributed by atoms with Crippen LogP contribution < -0.4 is 5.73 Å². The molecule has 2 N–H and O–H groups in total. The van der Waals surface area contributed by atoms with E-state index in [1.54, 1.807) is 0 Å². The van der Waals surface area contributed by atoms with E-state index < -0.39 is 0 Å². The third-order valence-corrected chi connectivity index (χ3v) is 3.71. The number of aryl methyl sites for hydroxylation is 2. The molecule has 3 nitrogen and oxygen atoms in total. The normalized spacial score (nSPS) is 11.1. The van der Waals surface area contributed by atoms with Crippen molar-refractivity contribution < 1.29 is 0 Å². The number of nitrogens with zero attached hydrogens (tertiary/aromatic N) is 2. The molecular formula is C17H19N3. The minimum atomic E-state index is 0.762. The molecule has 3 aromatic rings. The fraction of sp³-hybridized carbons (Fsp3) is 0.235. The molecule has 0 amide bonds. The van der Waals surface area contributed by atoms with E-state index in [-0.39, 0.29) is 0 Å². The number of benzene rings is 1. The highest BCUT2D eigenvalue weighted by Gasteiger charge is 2.12. The molecule has 2 aromatic heterocycles. The van der Waals surface area contributed by atoms with Crippen LogP contribution in [0.3, 0.4) is 0 Å². The summed E-state index contributed by atoms with van der Waals surface area (Å²) in [7, 11) is 0. The van der Waals surface area contributed by atoms with Crippen LogP contribution in [0.15, 0.2) is 42.6 Å². The van der Waals surface area contributed by atoms with Crippen LogP contribution in [0.2, 0.25) is 0 Å². The second kappa shape index (κ2) is 5.00. The van der Waals surface area contributed by atoms with Gasteiger partial charge in [0.15, 0.2) is 0 Å². The summed E-state index contributed by atoms with van der Waals surface area (Å²) in [5.74, 6) is 0. The second-order valence-corrected chi connectivity index (χ2v) is 5.00. The lowest BCUT2D eigenvalue weighted by Gasteiger charge is -2.04. The molecule has 3 rings (SSSR count). The van der Waals surface area contributed by atoms with Gasteiger partial charge in [-0.15, -0.1) is 0 Å². The first-order valence-electron chi connectivity index (χ1n) is 7.08. The van der Waals surface area contributed by atoms with E-state index in [1.807, 2.05) is 18.3 Å². The zero-order valence-corrected chi connectivity index (χ0v) is 11.9. The Morgan fingerprint density at radius 2 is 1.75 bits per heavy atom. The molecule has 0 aliphatic heterocycles. The number of aromatic nitrogens is 2. The summed E-state index contributed by atoms with van der Waals surface area (Å²) in [5.41, 5.74) is 12.4. The molecule has 0 atom stereocenters. The Labute approximate surface area is 119 Å². The Morgan fingerprint density at radius 1 is 1.00 bits per heavy atom. The molecule has 1 aromatic carbocycles. The van der Waals surface area contributed by atoms with Gasteiger partial charge < -0.3 is 10.1 Å². The number of anilines is 1. The number of hydrogen-bond donors (Lipinski definition) is 1. The highest BCUT2D eigenvalue weighted by molar-refractivity contribution is 5.67. The van der Waals surface area contributed by atoms with Crippen molar-refractivity contribution in [3.63, 3.8) is 0 Å². The van der Waals surface area contributed by atoms with Gasteiger partial charge in [-0.1, -0.05) is 38.1 Å². The molecule has 0 fully saturated rings. The van der Waals surface area contributed by atoms with Crippen LogP contribution in [0.4, 0.5) is 5.69 Å². The lowest BCUT2D eigenvalue weighted by molar-refractivity contribution is 0.999. The molecule has 102 valence electrons. The predicted molar refractivity (Wildman–Crippen MR) is 83.8 cm³/mol. The van der Waals surface area contributed by atoms with Gasteiger partial charge in [0.1, 0.15) is 5.65 Å². The molecule has 0 radical (unpaired) electrons. The molecule has 0 unspecified atom stereocenters. The van der Waals surface area contributed by atoms with E-state index in [0.29, 0.717) is 0 Å². The summed E-state index contributed by atoms with van der Waals surface area (Å²) in [6.07, 6.45) is 3.93. The van der Waals surface area contributed by atoms with E-state index in [0.717, 1.165) is 29.9 Å². The fourth-order valence-corrected chi connectivity index (χ4v) is 2.58. The molecule has 0 spiro atoms. The van der Waals surface area contributed by atoms with E-state index in [2.05, 4.69) is 42.5 Å². The third kappa shape index (κ3) is 2.05. The lowest BCUT2D eigenvalue weighted by Crippen LogP contribution is -1.95. The van der Waals surface area contributed by atoms with E-state index >= 15 is 0 Å². The molecular weight excluding hydrogens is 246 g/mol. The van der Waals surface area contributed by atoms with Crippen LogP contribution in [0.5, 0.6) is 0 Å². The summed E-state index contributed by atoms with van der Waals surface area (Å²) in [6, 6.07) is 12.5. The smallest absolute Gasteiger partial charge is 0.137 e. The Morgan fingerprint density at radius 3 is 2.40 bits per heavy atom. The number of hydrogen-bond acceptors (Lipinski definition) is 2. The van der Waals surface area contributed by atoms with Crippen LogP contribution in [0.1, 0.15) is 25.1 Å². The number of nitrogen functional groups attached to an aromatic ring is 1. The SMILES string of the molecule is CCc1ccc(-c2nc3ccc(N)cn3c2CC)cc1. The highest BCUT2D eigenvalue weighted by atomic mass is 15.0. The summed E-state index contributed by atoms with van der Waals surface area (Å²) >= 11 is 0. The standard InChI is InChI=1S/C17H19N3/c1-3-12-5-7-13(8-6-12)17-15(4-2)20-11-14(18)9-10-16(20)19-17/h5-11H,3-4,18H2,1-2H3. The van der Waals surface area contributed by atoms with Gasteiger partial charge in [-0.3, -0.25) is 0 Å². The Kier molecular flexibility index (Phi) is 3.18. The molecule has 0 saturated heterocycles. The molecule has 20 heavy (non-hydrogen) atoms. The average molecular weight is 265 g/mol. The van der Waals surface area contributed by atoms with E-state index in [1.165, 1.54) is 16.8 Å². The quantitative estimate of drug-likeness (QED) is 0.784. The topological polar surface area (TPSA) is 43.3 Å². The summed E-state index contributed by atoms with van der Waals surface area (Å²) in [5, 5.41) is 0. The van der Waals surface area contributed by atoms with Gasteiger partial charge in [0.2, 0.25) is 0 Å². The van der Waals surface area contributed by atoms with Crippen LogP contribution in [-0.2, 0) is 12.8 Å². The van der Waals surface area contributed by atoms with Gasteiger partial charge in [0, 0.05) is 17.4 Å². The van der Waals surface area contributed by atoms with Crippen LogP contribution in [0.25, 0.3) is 16.9 Å². The van der Waals surface area contributed by atoms with E-state index in [9.17, 15) is 0 Å². The van der Waals surface area contributed by atoms with Gasteiger partial charge in [-0.05, 0) is 30.5 Å². The number of nitrogens with two attached hydrogens (primary N) is 1. The number of fused-ring (bicyclic) bond motifs is 1. The van der Waals surface area contributed by atoms with Crippen LogP contribution >= 0.6 is 0 Å². The zero-order valence-electron chi connectivity index (χ0n) is 11.9. The van der Waals surface area contributed by atoms with Crippen molar-refractivity contribution in [2.45, 2.75) is 26.7 Å². The lowest BCUT2D eigenvalue weighted by atomic mass is 10.1. The van der Waals surface area contributed by atoms with Gasteiger partial charge >= 0.3 is 0 Å². The Hall–Kier alpha value is -2.29. The largest absolute Gasteiger partial charge is 0.398 e. The van der Waals surface area contributed by atoms with Crippen molar-refractivity contribution in [1.29, 1.82) is 0 Å². The van der Waals surface area contributed by atoms with Crippen molar-refractivity contribution in [1.82, 2.24) is 9.38 Å². The molecule has 0 aliphatic rings. The summed E-state index contributed by atoms with van der Waals surface area (Å²) in [4.78, 5) is 4.76. The Bertz CT molecular complexity index is 739. The van der Waals surface area contributed by atoms with Crippen molar-refractivity contribution >= 4 is 11.3 Å². The first kappa shape index (κ1) is 12.7. The monoisotopic (exact) mass is 265 g/mol. The average Bonchev–Trinajstić information content (AvgIpc) is 2.85. The van der Waals surface area contributed by atoms with Crippen LogP contribution in [0, 0.1) is 0 Å². The van der Waals surface area contributed by atoms with E-state index in [4.69, 9.17) is 10.7 Å². The number of rotatable bonds is 3. The minimum absolute atomic E-state index is 0.762. The maximum absolute atomic E-state index is 5.88. The molecule has 2 heterocycles. The number of imidazole rings is 1. The predicted octanol–water partition coefficient (Wildman–Crippen LogP) is 3.71. The first-order valence-corrected chi connectivity index (χ1v) is 7.08. The fourth-order valence-electron chi connectivity index (χ4n) is 2.58. The van der Waals surface area contributed by atoms with Gasteiger partial charge in [0.25, 0.3) is 0 Å². The molecule has 0 bridgehead atoms. The van der Waals surface area contributed by atoms with Gasteiger partial charge in [0.05, 0.1) is 11.4 Å². The molecule has 0 saturated carbocycles. The highest BCUT2D eigenvalue weighted by Crippen LogP contribution is 2.26. The third-order valence-electron chi connectivity index (χ3n) is 3.71. The molecule has 0 aliphatic carbocycles. The van der Waals surface area contributed by atoms with Crippen molar-refractivity contribution in [3.05, 3.63) is 53.9 Å². The van der Waals surface area contributed by atoms with Crippen molar-refractivity contribution in [2.24, 2.45) is 0 Å². The Balaban J connectivity index is 2.19.